The lowest BCUT2D eigenvalue weighted by Gasteiger charge is -2.09. The summed E-state index contributed by atoms with van der Waals surface area (Å²) >= 11 is 0. The Balaban J connectivity index is 1.84. The van der Waals surface area contributed by atoms with Gasteiger partial charge in [-0.1, -0.05) is 30.3 Å². The van der Waals surface area contributed by atoms with E-state index in [0.717, 1.165) is 23.6 Å². The van der Waals surface area contributed by atoms with E-state index in [4.69, 9.17) is 5.26 Å². The molecule has 26 heavy (non-hydrogen) atoms. The molecule has 2 aromatic heterocycles. The van der Waals surface area contributed by atoms with Crippen LogP contribution in [0, 0.1) is 32.1 Å². The molecule has 0 fully saturated rings. The zero-order valence-electron chi connectivity index (χ0n) is 15.5. The Labute approximate surface area is 154 Å². The number of aryl methyl sites for hydroxylation is 3. The van der Waals surface area contributed by atoms with E-state index in [2.05, 4.69) is 64.9 Å². The third-order valence-corrected chi connectivity index (χ3v) is 4.45. The van der Waals surface area contributed by atoms with Gasteiger partial charge in [-0.25, -0.2) is 9.67 Å². The molecule has 0 saturated heterocycles. The third kappa shape index (κ3) is 3.92. The summed E-state index contributed by atoms with van der Waals surface area (Å²) in [5.74, 6) is 0.783. The van der Waals surface area contributed by atoms with Crippen LogP contribution in [-0.4, -0.2) is 20.6 Å². The van der Waals surface area contributed by atoms with Crippen LogP contribution >= 0.6 is 0 Å². The Morgan fingerprint density at radius 2 is 1.92 bits per heavy atom. The normalized spacial score (nSPS) is 11.2. The molecule has 0 aliphatic carbocycles. The first-order valence-electron chi connectivity index (χ1n) is 8.74. The molecular formula is C21H23N5. The molecule has 0 unspecified atom stereocenters. The van der Waals surface area contributed by atoms with Crippen molar-refractivity contribution in [3.63, 3.8) is 0 Å². The quantitative estimate of drug-likeness (QED) is 0.625. The van der Waals surface area contributed by atoms with Gasteiger partial charge in [-0.3, -0.25) is 0 Å². The second-order valence-electron chi connectivity index (χ2n) is 6.43. The molecule has 0 amide bonds. The Bertz CT molecular complexity index is 954. The highest BCUT2D eigenvalue weighted by atomic mass is 15.3. The molecule has 0 saturated carbocycles. The summed E-state index contributed by atoms with van der Waals surface area (Å²) in [5.41, 5.74) is 5.69. The van der Waals surface area contributed by atoms with Crippen LogP contribution in [0.25, 0.3) is 0 Å². The number of rotatable bonds is 6. The summed E-state index contributed by atoms with van der Waals surface area (Å²) in [4.78, 5) is 4.63. The van der Waals surface area contributed by atoms with Crippen molar-refractivity contribution in [3.8, 4) is 6.07 Å². The number of nitrogens with zero attached hydrogens (tertiary/aromatic N) is 5. The molecule has 0 bridgehead atoms. The van der Waals surface area contributed by atoms with Gasteiger partial charge < -0.3 is 4.57 Å². The van der Waals surface area contributed by atoms with Crippen molar-refractivity contribution in [1.82, 2.24) is 14.3 Å². The number of hydrogen-bond acceptors (Lipinski definition) is 3. The van der Waals surface area contributed by atoms with Crippen LogP contribution in [0.5, 0.6) is 0 Å². The summed E-state index contributed by atoms with van der Waals surface area (Å²) in [6.45, 7) is 7.59. The van der Waals surface area contributed by atoms with E-state index >= 15 is 0 Å². The fourth-order valence-electron chi connectivity index (χ4n) is 3.06. The number of aliphatic imine (C=N–C) groups is 1. The fourth-order valence-corrected chi connectivity index (χ4v) is 3.06. The Kier molecular flexibility index (Phi) is 5.33. The first-order valence-corrected chi connectivity index (χ1v) is 8.74. The van der Waals surface area contributed by atoms with Crippen molar-refractivity contribution >= 4 is 12.0 Å². The first kappa shape index (κ1) is 17.7. The van der Waals surface area contributed by atoms with Crippen molar-refractivity contribution in [2.24, 2.45) is 4.99 Å². The molecule has 0 spiro atoms. The van der Waals surface area contributed by atoms with Crippen molar-refractivity contribution in [2.75, 3.05) is 0 Å². The molecule has 0 radical (unpaired) electrons. The molecule has 3 aromatic rings. The van der Waals surface area contributed by atoms with Gasteiger partial charge in [-0.05, 0) is 32.4 Å². The average Bonchev–Trinajstić information content (AvgIpc) is 3.12. The number of aromatic nitrogens is 3. The highest BCUT2D eigenvalue weighted by Crippen LogP contribution is 2.18. The van der Waals surface area contributed by atoms with Crippen LogP contribution in [0.4, 0.5) is 5.82 Å². The molecule has 2 heterocycles. The van der Waals surface area contributed by atoms with E-state index in [9.17, 15) is 0 Å². The minimum absolute atomic E-state index is 0.426. The molecule has 0 N–H and O–H groups in total. The smallest absolute Gasteiger partial charge is 0.150 e. The van der Waals surface area contributed by atoms with Gasteiger partial charge in [0.25, 0.3) is 0 Å². The standard InChI is InChI=1S/C21H23N5/c1-16-12-21(26(24-16)11-7-10-22)23-14-20-13-17(2)25(18(20)3)15-19-8-5-4-6-9-19/h4-6,8-9,12-14H,7,11,15H2,1-3H3. The van der Waals surface area contributed by atoms with Crippen LogP contribution in [0.15, 0.2) is 47.5 Å². The largest absolute Gasteiger partial charge is 0.344 e. The molecule has 0 aliphatic heterocycles. The molecular weight excluding hydrogens is 322 g/mol. The number of benzene rings is 1. The van der Waals surface area contributed by atoms with Gasteiger partial charge >= 0.3 is 0 Å². The van der Waals surface area contributed by atoms with E-state index in [-0.39, 0.29) is 0 Å². The lowest BCUT2D eigenvalue weighted by atomic mass is 10.2. The zero-order valence-corrected chi connectivity index (χ0v) is 15.5. The number of nitriles is 1. The summed E-state index contributed by atoms with van der Waals surface area (Å²) < 4.78 is 4.09. The highest BCUT2D eigenvalue weighted by Gasteiger charge is 2.09. The van der Waals surface area contributed by atoms with Gasteiger partial charge in [0.1, 0.15) is 0 Å². The minimum atomic E-state index is 0.426. The fraction of sp³-hybridized carbons (Fsp3) is 0.286. The zero-order chi connectivity index (χ0) is 18.5. The van der Waals surface area contributed by atoms with Gasteiger partial charge in [0, 0.05) is 35.8 Å². The van der Waals surface area contributed by atoms with Crippen molar-refractivity contribution < 1.29 is 0 Å². The predicted octanol–water partition coefficient (Wildman–Crippen LogP) is 4.32. The summed E-state index contributed by atoms with van der Waals surface area (Å²) in [6.07, 6.45) is 2.32. The SMILES string of the molecule is Cc1cc(N=Cc2cc(C)n(Cc3ccccc3)c2C)n(CCC#N)n1. The van der Waals surface area contributed by atoms with Crippen molar-refractivity contribution in [1.29, 1.82) is 5.26 Å². The maximum absolute atomic E-state index is 8.79. The van der Waals surface area contributed by atoms with E-state index in [1.54, 1.807) is 4.68 Å². The van der Waals surface area contributed by atoms with E-state index in [1.165, 1.54) is 17.0 Å². The Morgan fingerprint density at radius 1 is 1.15 bits per heavy atom. The van der Waals surface area contributed by atoms with Crippen molar-refractivity contribution in [2.45, 2.75) is 40.3 Å². The maximum Gasteiger partial charge on any atom is 0.150 e. The topological polar surface area (TPSA) is 58.9 Å². The van der Waals surface area contributed by atoms with Gasteiger partial charge in [0.2, 0.25) is 0 Å². The third-order valence-electron chi connectivity index (χ3n) is 4.45. The minimum Gasteiger partial charge on any atom is -0.344 e. The molecule has 132 valence electrons. The molecule has 5 nitrogen and oxygen atoms in total. The Hall–Kier alpha value is -3.13. The van der Waals surface area contributed by atoms with E-state index in [1.807, 2.05) is 25.3 Å². The summed E-state index contributed by atoms with van der Waals surface area (Å²) in [7, 11) is 0. The van der Waals surface area contributed by atoms with Gasteiger partial charge in [0.05, 0.1) is 24.7 Å². The second kappa shape index (κ2) is 7.83. The highest BCUT2D eigenvalue weighted by molar-refractivity contribution is 5.83. The first-order chi connectivity index (χ1) is 12.6. The Morgan fingerprint density at radius 3 is 2.65 bits per heavy atom. The van der Waals surface area contributed by atoms with Crippen LogP contribution in [0.2, 0.25) is 0 Å². The van der Waals surface area contributed by atoms with E-state index < -0.39 is 0 Å². The number of hydrogen-bond donors (Lipinski definition) is 0. The summed E-state index contributed by atoms with van der Waals surface area (Å²) in [6, 6.07) is 16.7. The van der Waals surface area contributed by atoms with Gasteiger partial charge in [-0.15, -0.1) is 0 Å². The average molecular weight is 345 g/mol. The molecule has 3 rings (SSSR count). The maximum atomic E-state index is 8.79. The van der Waals surface area contributed by atoms with E-state index in [0.29, 0.717) is 13.0 Å². The molecule has 5 heteroatoms. The van der Waals surface area contributed by atoms with Crippen LogP contribution in [0.1, 0.15) is 34.6 Å². The molecule has 0 aliphatic rings. The van der Waals surface area contributed by atoms with Crippen LogP contribution in [-0.2, 0) is 13.1 Å². The lowest BCUT2D eigenvalue weighted by molar-refractivity contribution is 0.627. The van der Waals surface area contributed by atoms with Crippen LogP contribution < -0.4 is 0 Å². The monoisotopic (exact) mass is 345 g/mol. The summed E-state index contributed by atoms with van der Waals surface area (Å²) in [5, 5.41) is 13.2. The van der Waals surface area contributed by atoms with Crippen molar-refractivity contribution in [3.05, 3.63) is 70.7 Å². The second-order valence-corrected chi connectivity index (χ2v) is 6.43. The molecule has 0 atom stereocenters. The van der Waals surface area contributed by atoms with Gasteiger partial charge in [0.15, 0.2) is 5.82 Å². The van der Waals surface area contributed by atoms with Crippen LogP contribution in [0.3, 0.4) is 0 Å². The van der Waals surface area contributed by atoms with Gasteiger partial charge in [-0.2, -0.15) is 10.4 Å². The molecule has 1 aromatic carbocycles. The lowest BCUT2D eigenvalue weighted by Crippen LogP contribution is -2.04. The predicted molar refractivity (Wildman–Crippen MR) is 104 cm³/mol.